The summed E-state index contributed by atoms with van der Waals surface area (Å²) in [5.41, 5.74) is 7.06. The van der Waals surface area contributed by atoms with Crippen LogP contribution in [0.4, 0.5) is 5.69 Å². The monoisotopic (exact) mass is 359 g/mol. The number of amides is 2. The van der Waals surface area contributed by atoms with Crippen LogP contribution >= 0.6 is 0 Å². The minimum absolute atomic E-state index is 0.00927. The largest absolute Gasteiger partial charge is 0.484 e. The van der Waals surface area contributed by atoms with E-state index in [9.17, 15) is 9.59 Å². The molecule has 2 aliphatic carbocycles. The van der Waals surface area contributed by atoms with E-state index >= 15 is 0 Å². The first-order chi connectivity index (χ1) is 12.6. The van der Waals surface area contributed by atoms with Crippen LogP contribution < -0.4 is 21.1 Å². The molecule has 0 radical (unpaired) electrons. The maximum Gasteiger partial charge on any atom is 0.257 e. The van der Waals surface area contributed by atoms with Gasteiger partial charge in [-0.2, -0.15) is 0 Å². The smallest absolute Gasteiger partial charge is 0.257 e. The number of rotatable bonds is 6. The Morgan fingerprint density at radius 2 is 1.81 bits per heavy atom. The van der Waals surface area contributed by atoms with Gasteiger partial charge in [0.15, 0.2) is 6.61 Å². The second-order valence-electron chi connectivity index (χ2n) is 7.45. The second-order valence-corrected chi connectivity index (χ2v) is 7.45. The highest BCUT2D eigenvalue weighted by Gasteiger charge is 2.40. The van der Waals surface area contributed by atoms with Crippen molar-refractivity contribution in [3.8, 4) is 5.75 Å². The first-order valence-electron chi connectivity index (χ1n) is 9.62. The number of fused-ring (bicyclic) bond motifs is 2. The Bertz CT molecular complexity index is 618. The maximum absolute atomic E-state index is 12.6. The van der Waals surface area contributed by atoms with Crippen molar-refractivity contribution in [3.05, 3.63) is 24.3 Å². The lowest BCUT2D eigenvalue weighted by Gasteiger charge is -2.43. The summed E-state index contributed by atoms with van der Waals surface area (Å²) >= 11 is 0. The van der Waals surface area contributed by atoms with E-state index in [0.717, 1.165) is 31.4 Å². The van der Waals surface area contributed by atoms with Gasteiger partial charge in [0, 0.05) is 24.2 Å². The highest BCUT2D eigenvalue weighted by atomic mass is 16.5. The van der Waals surface area contributed by atoms with Gasteiger partial charge in [-0.3, -0.25) is 9.59 Å². The average Bonchev–Trinajstić information content (AvgIpc) is 2.61. The maximum atomic E-state index is 12.6. The van der Waals surface area contributed by atoms with E-state index in [4.69, 9.17) is 10.5 Å². The van der Waals surface area contributed by atoms with Gasteiger partial charge in [0.25, 0.3) is 5.91 Å². The summed E-state index contributed by atoms with van der Waals surface area (Å²) in [6, 6.07) is 7.41. The molecule has 2 amide bonds. The molecule has 1 aromatic carbocycles. The van der Waals surface area contributed by atoms with Gasteiger partial charge in [0.2, 0.25) is 5.91 Å². The lowest BCUT2D eigenvalue weighted by atomic mass is 9.65. The van der Waals surface area contributed by atoms with Crippen LogP contribution in [0.2, 0.25) is 0 Å². The quantitative estimate of drug-likeness (QED) is 0.726. The Balaban J connectivity index is 1.51. The predicted molar refractivity (Wildman–Crippen MR) is 101 cm³/mol. The van der Waals surface area contributed by atoms with E-state index in [2.05, 4.69) is 10.6 Å². The molecule has 6 heteroatoms. The second kappa shape index (κ2) is 8.54. The molecule has 2 bridgehead atoms. The SMILES string of the molecule is CCNC(=O)COc1ccc(NC(=O)C2CC3CCCC(C2)C3N)cc1. The van der Waals surface area contributed by atoms with Crippen molar-refractivity contribution < 1.29 is 14.3 Å². The molecular weight excluding hydrogens is 330 g/mol. The lowest BCUT2D eigenvalue weighted by molar-refractivity contribution is -0.123. The lowest BCUT2D eigenvalue weighted by Crippen LogP contribution is -2.48. The number of nitrogens with one attached hydrogen (secondary N) is 2. The van der Waals surface area contributed by atoms with Crippen LogP contribution in [-0.2, 0) is 9.59 Å². The van der Waals surface area contributed by atoms with Gasteiger partial charge >= 0.3 is 0 Å². The third-order valence-corrected chi connectivity index (χ3v) is 5.65. The molecule has 4 N–H and O–H groups in total. The molecule has 0 spiro atoms. The van der Waals surface area contributed by atoms with Gasteiger partial charge in [-0.15, -0.1) is 0 Å². The van der Waals surface area contributed by atoms with Crippen LogP contribution in [-0.4, -0.2) is 31.0 Å². The third kappa shape index (κ3) is 4.55. The van der Waals surface area contributed by atoms with E-state index in [1.807, 2.05) is 6.92 Å². The number of hydrogen-bond donors (Lipinski definition) is 3. The van der Waals surface area contributed by atoms with Gasteiger partial charge in [-0.05, 0) is 68.7 Å². The summed E-state index contributed by atoms with van der Waals surface area (Å²) in [5, 5.41) is 5.69. The fourth-order valence-corrected chi connectivity index (χ4v) is 4.28. The Morgan fingerprint density at radius 1 is 1.15 bits per heavy atom. The molecule has 2 atom stereocenters. The number of nitrogens with two attached hydrogens (primary N) is 1. The van der Waals surface area contributed by atoms with Crippen molar-refractivity contribution in [1.82, 2.24) is 5.32 Å². The summed E-state index contributed by atoms with van der Waals surface area (Å²) in [6.45, 7) is 2.44. The van der Waals surface area contributed by atoms with Crippen molar-refractivity contribution in [2.45, 2.75) is 45.1 Å². The predicted octanol–water partition coefficient (Wildman–Crippen LogP) is 2.29. The molecule has 2 saturated carbocycles. The van der Waals surface area contributed by atoms with Gasteiger partial charge in [-0.1, -0.05) is 6.42 Å². The van der Waals surface area contributed by atoms with Gasteiger partial charge < -0.3 is 21.1 Å². The summed E-state index contributed by atoms with van der Waals surface area (Å²) in [7, 11) is 0. The van der Waals surface area contributed by atoms with Crippen molar-refractivity contribution in [1.29, 1.82) is 0 Å². The first-order valence-corrected chi connectivity index (χ1v) is 9.62. The van der Waals surface area contributed by atoms with E-state index in [1.165, 1.54) is 6.42 Å². The van der Waals surface area contributed by atoms with Crippen molar-refractivity contribution in [2.75, 3.05) is 18.5 Å². The highest BCUT2D eigenvalue weighted by Crippen LogP contribution is 2.42. The third-order valence-electron chi connectivity index (χ3n) is 5.65. The normalized spacial score (nSPS) is 27.5. The fraction of sp³-hybridized carbons (Fsp3) is 0.600. The molecule has 2 fully saturated rings. The molecule has 0 heterocycles. The summed E-state index contributed by atoms with van der Waals surface area (Å²) < 4.78 is 5.42. The Labute approximate surface area is 154 Å². The zero-order chi connectivity index (χ0) is 18.5. The molecule has 0 aromatic heterocycles. The number of carbonyl (C=O) groups excluding carboxylic acids is 2. The van der Waals surface area contributed by atoms with Crippen molar-refractivity contribution in [2.24, 2.45) is 23.5 Å². The number of likely N-dealkylation sites (N-methyl/N-ethyl adjacent to an activating group) is 1. The number of benzene rings is 1. The summed E-state index contributed by atoms with van der Waals surface area (Å²) in [4.78, 5) is 24.0. The van der Waals surface area contributed by atoms with Gasteiger partial charge in [0.1, 0.15) is 5.75 Å². The molecule has 142 valence electrons. The summed E-state index contributed by atoms with van der Waals surface area (Å²) in [5.74, 6) is 1.58. The Morgan fingerprint density at radius 3 is 2.42 bits per heavy atom. The van der Waals surface area contributed by atoms with E-state index in [-0.39, 0.29) is 30.4 Å². The Hall–Kier alpha value is -2.08. The van der Waals surface area contributed by atoms with Crippen molar-refractivity contribution >= 4 is 17.5 Å². The zero-order valence-electron chi connectivity index (χ0n) is 15.4. The van der Waals surface area contributed by atoms with Crippen LogP contribution in [0.5, 0.6) is 5.75 Å². The molecule has 2 unspecified atom stereocenters. The highest BCUT2D eigenvalue weighted by molar-refractivity contribution is 5.92. The van der Waals surface area contributed by atoms with Crippen LogP contribution in [0.25, 0.3) is 0 Å². The Kier molecular flexibility index (Phi) is 6.14. The van der Waals surface area contributed by atoms with E-state index < -0.39 is 0 Å². The fourth-order valence-electron chi connectivity index (χ4n) is 4.28. The van der Waals surface area contributed by atoms with Crippen LogP contribution in [0, 0.1) is 17.8 Å². The van der Waals surface area contributed by atoms with Crippen molar-refractivity contribution in [3.63, 3.8) is 0 Å². The minimum Gasteiger partial charge on any atom is -0.484 e. The molecule has 26 heavy (non-hydrogen) atoms. The van der Waals surface area contributed by atoms with E-state index in [0.29, 0.717) is 24.1 Å². The van der Waals surface area contributed by atoms with Gasteiger partial charge in [0.05, 0.1) is 0 Å². The standard InChI is InChI=1S/C20H29N3O3/c1-2-22-18(24)12-26-17-8-6-16(7-9-17)23-20(25)15-10-13-4-3-5-14(11-15)19(13)21/h6-9,13-15,19H,2-5,10-12,21H2,1H3,(H,22,24)(H,23,25). The number of anilines is 1. The molecule has 0 saturated heterocycles. The molecule has 2 aliphatic rings. The molecule has 1 aromatic rings. The molecule has 0 aliphatic heterocycles. The van der Waals surface area contributed by atoms with Gasteiger partial charge in [-0.25, -0.2) is 0 Å². The van der Waals surface area contributed by atoms with Crippen LogP contribution in [0.3, 0.4) is 0 Å². The zero-order valence-corrected chi connectivity index (χ0v) is 15.4. The number of carbonyl (C=O) groups is 2. The average molecular weight is 359 g/mol. The van der Waals surface area contributed by atoms with E-state index in [1.54, 1.807) is 24.3 Å². The molecule has 3 rings (SSSR count). The van der Waals surface area contributed by atoms with Crippen LogP contribution in [0.1, 0.15) is 39.0 Å². The van der Waals surface area contributed by atoms with Crippen LogP contribution in [0.15, 0.2) is 24.3 Å². The topological polar surface area (TPSA) is 93.5 Å². The minimum atomic E-state index is -0.147. The number of hydrogen-bond acceptors (Lipinski definition) is 4. The summed E-state index contributed by atoms with van der Waals surface area (Å²) in [6.07, 6.45) is 5.35. The molecular formula is C20H29N3O3. The number of ether oxygens (including phenoxy) is 1. The molecule has 6 nitrogen and oxygen atoms in total. The first kappa shape index (κ1) is 18.7.